The fraction of sp³-hybridized carbons (Fsp3) is 0.250. The second kappa shape index (κ2) is 2.40. The van der Waals surface area contributed by atoms with Crippen molar-refractivity contribution < 1.29 is 0 Å². The molecule has 1 heteroatoms. The van der Waals surface area contributed by atoms with Crippen LogP contribution in [-0.4, -0.2) is 0 Å². The minimum atomic E-state index is 0.801. The van der Waals surface area contributed by atoms with Gasteiger partial charge < -0.3 is 0 Å². The van der Waals surface area contributed by atoms with Gasteiger partial charge in [-0.15, -0.1) is 0 Å². The third kappa shape index (κ3) is 1.46. The van der Waals surface area contributed by atoms with Gasteiger partial charge in [0.2, 0.25) is 0 Å². The average molecular weight is 140 g/mol. The van der Waals surface area contributed by atoms with E-state index in [9.17, 15) is 0 Å². The van der Waals surface area contributed by atoms with Crippen LogP contribution in [0.25, 0.3) is 0 Å². The van der Waals surface area contributed by atoms with Crippen LogP contribution in [0.4, 0.5) is 0 Å². The van der Waals surface area contributed by atoms with Gasteiger partial charge in [-0.2, -0.15) is 0 Å². The number of benzene rings is 1. The molecule has 0 atom stereocenters. The Bertz CT molecular complexity index is 216. The Kier molecular flexibility index (Phi) is 1.77. The molecule has 0 saturated carbocycles. The lowest BCUT2D eigenvalue weighted by Gasteiger charge is -1.95. The molecule has 0 nitrogen and oxygen atoms in total. The number of hydrogen-bond donors (Lipinski definition) is 0. The van der Waals surface area contributed by atoms with E-state index in [1.165, 1.54) is 0 Å². The normalized spacial score (nSPS) is 9.67. The standard InChI is InChI=1S/C8H8Cl/c1-6-3-4-7(2)8(9)5-6/h3,5H,1-2H3. The smallest absolute Gasteiger partial charge is 0.0444 e. The highest BCUT2D eigenvalue weighted by Crippen LogP contribution is 2.14. The molecule has 1 aromatic carbocycles. The Labute approximate surface area is 60.5 Å². The molecule has 47 valence electrons. The van der Waals surface area contributed by atoms with E-state index in [0.29, 0.717) is 0 Å². The maximum Gasteiger partial charge on any atom is 0.0444 e. The zero-order valence-electron chi connectivity index (χ0n) is 5.53. The number of hydrogen-bond acceptors (Lipinski definition) is 0. The molecule has 0 N–H and O–H groups in total. The topological polar surface area (TPSA) is 0 Å². The van der Waals surface area contributed by atoms with Gasteiger partial charge >= 0.3 is 0 Å². The van der Waals surface area contributed by atoms with E-state index in [4.69, 9.17) is 11.6 Å². The summed E-state index contributed by atoms with van der Waals surface area (Å²) in [6.45, 7) is 3.95. The van der Waals surface area contributed by atoms with Crippen molar-refractivity contribution in [3.8, 4) is 0 Å². The van der Waals surface area contributed by atoms with Crippen molar-refractivity contribution in [2.75, 3.05) is 0 Å². The first-order chi connectivity index (χ1) is 4.20. The average Bonchev–Trinajstić information content (AvgIpc) is 1.80. The Hall–Kier alpha value is -0.490. The molecule has 0 aliphatic heterocycles. The summed E-state index contributed by atoms with van der Waals surface area (Å²) in [7, 11) is 0. The maximum atomic E-state index is 5.78. The van der Waals surface area contributed by atoms with Crippen molar-refractivity contribution in [2.45, 2.75) is 13.8 Å². The minimum absolute atomic E-state index is 0.801. The van der Waals surface area contributed by atoms with Gasteiger partial charge in [-0.1, -0.05) is 17.7 Å². The minimum Gasteiger partial charge on any atom is -0.0840 e. The van der Waals surface area contributed by atoms with Crippen LogP contribution < -0.4 is 0 Å². The van der Waals surface area contributed by atoms with Crippen molar-refractivity contribution in [1.29, 1.82) is 0 Å². The van der Waals surface area contributed by atoms with Crippen molar-refractivity contribution >= 4 is 11.6 Å². The van der Waals surface area contributed by atoms with Crippen LogP contribution in [-0.2, 0) is 0 Å². The molecule has 0 heterocycles. The predicted molar refractivity (Wildman–Crippen MR) is 39.8 cm³/mol. The summed E-state index contributed by atoms with van der Waals surface area (Å²) >= 11 is 5.78. The molecule has 0 aliphatic rings. The zero-order valence-corrected chi connectivity index (χ0v) is 6.29. The van der Waals surface area contributed by atoms with Crippen LogP contribution >= 0.6 is 11.6 Å². The Morgan fingerprint density at radius 2 is 2.11 bits per heavy atom. The van der Waals surface area contributed by atoms with E-state index in [2.05, 4.69) is 6.07 Å². The van der Waals surface area contributed by atoms with Crippen molar-refractivity contribution in [3.63, 3.8) is 0 Å². The van der Waals surface area contributed by atoms with Gasteiger partial charge in [0, 0.05) is 5.02 Å². The van der Waals surface area contributed by atoms with Crippen molar-refractivity contribution in [3.05, 3.63) is 34.3 Å². The van der Waals surface area contributed by atoms with Gasteiger partial charge in [0.25, 0.3) is 0 Å². The van der Waals surface area contributed by atoms with Crippen LogP contribution in [0.2, 0.25) is 5.02 Å². The SMILES string of the molecule is Cc1c[c]c(C)c(Cl)c1. The number of aryl methyl sites for hydroxylation is 2. The highest BCUT2D eigenvalue weighted by atomic mass is 35.5. The van der Waals surface area contributed by atoms with E-state index in [1.54, 1.807) is 0 Å². The van der Waals surface area contributed by atoms with E-state index < -0.39 is 0 Å². The lowest BCUT2D eigenvalue weighted by atomic mass is 10.2. The highest BCUT2D eigenvalue weighted by molar-refractivity contribution is 6.31. The molecule has 1 rings (SSSR count). The van der Waals surface area contributed by atoms with E-state index in [1.807, 2.05) is 26.0 Å². The Morgan fingerprint density at radius 3 is 2.56 bits per heavy atom. The molecule has 0 aliphatic carbocycles. The molecule has 0 amide bonds. The molecule has 0 aromatic heterocycles. The van der Waals surface area contributed by atoms with Crippen LogP contribution in [0.3, 0.4) is 0 Å². The summed E-state index contributed by atoms with van der Waals surface area (Å²) in [5.74, 6) is 0. The third-order valence-corrected chi connectivity index (χ3v) is 1.62. The zero-order chi connectivity index (χ0) is 6.85. The quantitative estimate of drug-likeness (QED) is 0.519. The van der Waals surface area contributed by atoms with Crippen molar-refractivity contribution in [1.82, 2.24) is 0 Å². The van der Waals surface area contributed by atoms with Gasteiger partial charge in [0.05, 0.1) is 0 Å². The first-order valence-electron chi connectivity index (χ1n) is 2.84. The molecule has 0 saturated heterocycles. The fourth-order valence-electron chi connectivity index (χ4n) is 0.641. The Balaban J connectivity index is 3.17. The van der Waals surface area contributed by atoms with Gasteiger partial charge in [0.1, 0.15) is 0 Å². The summed E-state index contributed by atoms with van der Waals surface area (Å²) in [6, 6.07) is 6.91. The monoisotopic (exact) mass is 139 g/mol. The summed E-state index contributed by atoms with van der Waals surface area (Å²) in [5, 5.41) is 0.801. The maximum absolute atomic E-state index is 5.78. The number of rotatable bonds is 0. The first-order valence-corrected chi connectivity index (χ1v) is 3.22. The molecular weight excluding hydrogens is 132 g/mol. The summed E-state index contributed by atoms with van der Waals surface area (Å²) in [5.41, 5.74) is 2.17. The fourth-order valence-corrected chi connectivity index (χ4v) is 0.867. The third-order valence-electron chi connectivity index (χ3n) is 1.23. The summed E-state index contributed by atoms with van der Waals surface area (Å²) in [6.07, 6.45) is 0. The summed E-state index contributed by atoms with van der Waals surface area (Å²) in [4.78, 5) is 0. The van der Waals surface area contributed by atoms with Gasteiger partial charge in [-0.25, -0.2) is 0 Å². The Morgan fingerprint density at radius 1 is 1.44 bits per heavy atom. The van der Waals surface area contributed by atoms with Gasteiger partial charge in [-0.05, 0) is 37.1 Å². The molecule has 0 unspecified atom stereocenters. The van der Waals surface area contributed by atoms with Crippen LogP contribution in [0.1, 0.15) is 11.1 Å². The van der Waals surface area contributed by atoms with E-state index in [-0.39, 0.29) is 0 Å². The van der Waals surface area contributed by atoms with Crippen molar-refractivity contribution in [2.24, 2.45) is 0 Å². The molecule has 9 heavy (non-hydrogen) atoms. The van der Waals surface area contributed by atoms with Crippen LogP contribution in [0.15, 0.2) is 12.1 Å². The molecule has 1 radical (unpaired) electrons. The summed E-state index contributed by atoms with van der Waals surface area (Å²) < 4.78 is 0. The van der Waals surface area contributed by atoms with Crippen LogP contribution in [0, 0.1) is 19.9 Å². The van der Waals surface area contributed by atoms with E-state index in [0.717, 1.165) is 16.1 Å². The molecule has 0 spiro atoms. The van der Waals surface area contributed by atoms with Gasteiger partial charge in [-0.3, -0.25) is 0 Å². The lowest BCUT2D eigenvalue weighted by molar-refractivity contribution is 1.39. The molecular formula is C8H8Cl. The predicted octanol–water partition coefficient (Wildman–Crippen LogP) is 2.76. The molecule has 0 bridgehead atoms. The molecule has 1 aromatic rings. The first kappa shape index (κ1) is 6.63. The lowest BCUT2D eigenvalue weighted by Crippen LogP contribution is -1.76. The van der Waals surface area contributed by atoms with Crippen LogP contribution in [0.5, 0.6) is 0 Å². The largest absolute Gasteiger partial charge is 0.0840 e. The second-order valence-corrected chi connectivity index (χ2v) is 2.56. The number of halogens is 1. The highest BCUT2D eigenvalue weighted by Gasteiger charge is 1.92. The molecule has 0 fully saturated rings. The van der Waals surface area contributed by atoms with Gasteiger partial charge in [0.15, 0.2) is 0 Å². The second-order valence-electron chi connectivity index (χ2n) is 2.15. The van der Waals surface area contributed by atoms with E-state index >= 15 is 0 Å².